The highest BCUT2D eigenvalue weighted by atomic mass is 16.5. The number of aliphatic imine (C=N–C) groups is 1. The van der Waals surface area contributed by atoms with Crippen LogP contribution in [0.4, 0.5) is 0 Å². The SMILES string of the molecule is CCOCCC1(CNC(=NC)N2CCN(C(C)C(=O)N3CCCC3)CC2)CCCC1. The highest BCUT2D eigenvalue weighted by Crippen LogP contribution is 2.40. The van der Waals surface area contributed by atoms with E-state index in [0.29, 0.717) is 11.3 Å². The molecular weight excluding hydrogens is 378 g/mol. The maximum Gasteiger partial charge on any atom is 0.239 e. The van der Waals surface area contributed by atoms with Gasteiger partial charge in [0.25, 0.3) is 0 Å². The molecule has 1 amide bonds. The molecule has 7 heteroatoms. The first-order valence-corrected chi connectivity index (χ1v) is 12.1. The number of rotatable bonds is 8. The van der Waals surface area contributed by atoms with Gasteiger partial charge in [0.15, 0.2) is 5.96 Å². The van der Waals surface area contributed by atoms with Gasteiger partial charge in [0, 0.05) is 66.1 Å². The molecule has 1 atom stereocenters. The lowest BCUT2D eigenvalue weighted by Crippen LogP contribution is -2.57. The molecule has 0 bridgehead atoms. The third-order valence-electron chi connectivity index (χ3n) is 7.42. The number of nitrogens with zero attached hydrogens (tertiary/aromatic N) is 4. The molecule has 0 aromatic rings. The van der Waals surface area contributed by atoms with Gasteiger partial charge in [-0.25, -0.2) is 0 Å². The van der Waals surface area contributed by atoms with Crippen LogP contribution in [0, 0.1) is 5.41 Å². The van der Waals surface area contributed by atoms with Crippen LogP contribution in [0.1, 0.15) is 58.8 Å². The minimum atomic E-state index is -0.0134. The van der Waals surface area contributed by atoms with Crippen LogP contribution in [-0.4, -0.2) is 98.7 Å². The molecule has 1 N–H and O–H groups in total. The van der Waals surface area contributed by atoms with Crippen LogP contribution in [0.2, 0.25) is 0 Å². The number of guanidine groups is 1. The van der Waals surface area contributed by atoms with Gasteiger partial charge in [0.1, 0.15) is 0 Å². The van der Waals surface area contributed by atoms with E-state index in [9.17, 15) is 4.79 Å². The van der Waals surface area contributed by atoms with Gasteiger partial charge < -0.3 is 19.9 Å². The highest BCUT2D eigenvalue weighted by molar-refractivity contribution is 5.82. The van der Waals surface area contributed by atoms with Gasteiger partial charge >= 0.3 is 0 Å². The van der Waals surface area contributed by atoms with Gasteiger partial charge in [-0.3, -0.25) is 14.7 Å². The number of hydrogen-bond acceptors (Lipinski definition) is 4. The van der Waals surface area contributed by atoms with Crippen molar-refractivity contribution in [3.63, 3.8) is 0 Å². The van der Waals surface area contributed by atoms with E-state index in [2.05, 4.69) is 34.0 Å². The first kappa shape index (κ1) is 23.3. The number of amides is 1. The van der Waals surface area contributed by atoms with E-state index in [1.54, 1.807) is 0 Å². The summed E-state index contributed by atoms with van der Waals surface area (Å²) in [7, 11) is 1.88. The summed E-state index contributed by atoms with van der Waals surface area (Å²) in [5, 5.41) is 3.69. The summed E-state index contributed by atoms with van der Waals surface area (Å²) in [4.78, 5) is 24.0. The number of carbonyl (C=O) groups excluding carboxylic acids is 1. The zero-order chi connectivity index (χ0) is 21.4. The molecule has 172 valence electrons. The van der Waals surface area contributed by atoms with E-state index < -0.39 is 0 Å². The van der Waals surface area contributed by atoms with E-state index in [1.807, 2.05) is 11.9 Å². The van der Waals surface area contributed by atoms with Crippen LogP contribution in [0.5, 0.6) is 0 Å². The highest BCUT2D eigenvalue weighted by Gasteiger charge is 2.35. The molecule has 1 aliphatic carbocycles. The van der Waals surface area contributed by atoms with Crippen molar-refractivity contribution in [3.05, 3.63) is 0 Å². The molecule has 3 aliphatic rings. The summed E-state index contributed by atoms with van der Waals surface area (Å²) < 4.78 is 5.66. The smallest absolute Gasteiger partial charge is 0.239 e. The Morgan fingerprint density at radius 3 is 2.30 bits per heavy atom. The number of ether oxygens (including phenoxy) is 1. The van der Waals surface area contributed by atoms with Gasteiger partial charge in [-0.2, -0.15) is 0 Å². The van der Waals surface area contributed by atoms with Gasteiger partial charge in [0.2, 0.25) is 5.91 Å². The van der Waals surface area contributed by atoms with E-state index >= 15 is 0 Å². The number of piperazine rings is 1. The molecule has 3 fully saturated rings. The minimum absolute atomic E-state index is 0.0134. The third-order valence-corrected chi connectivity index (χ3v) is 7.42. The molecule has 0 spiro atoms. The van der Waals surface area contributed by atoms with Crippen LogP contribution in [0.25, 0.3) is 0 Å². The molecule has 7 nitrogen and oxygen atoms in total. The Bertz CT molecular complexity index is 562. The predicted octanol–water partition coefficient (Wildman–Crippen LogP) is 2.18. The molecule has 1 unspecified atom stereocenters. The second-order valence-corrected chi connectivity index (χ2v) is 9.29. The molecule has 2 heterocycles. The average molecular weight is 422 g/mol. The number of likely N-dealkylation sites (tertiary alicyclic amines) is 1. The molecular formula is C23H43N5O2. The summed E-state index contributed by atoms with van der Waals surface area (Å²) in [6, 6.07) is -0.0134. The van der Waals surface area contributed by atoms with E-state index in [1.165, 1.54) is 25.7 Å². The van der Waals surface area contributed by atoms with Crippen LogP contribution < -0.4 is 5.32 Å². The summed E-state index contributed by atoms with van der Waals surface area (Å²) in [6.45, 7) is 12.3. The monoisotopic (exact) mass is 421 g/mol. The normalized spacial score (nSPS) is 23.8. The van der Waals surface area contributed by atoms with Crippen molar-refractivity contribution in [2.75, 3.05) is 66.1 Å². The molecule has 2 aliphatic heterocycles. The zero-order valence-electron chi connectivity index (χ0n) is 19.5. The quantitative estimate of drug-likeness (QED) is 0.370. The van der Waals surface area contributed by atoms with Crippen LogP contribution in [0.15, 0.2) is 4.99 Å². The van der Waals surface area contributed by atoms with Gasteiger partial charge in [-0.1, -0.05) is 12.8 Å². The van der Waals surface area contributed by atoms with Crippen molar-refractivity contribution < 1.29 is 9.53 Å². The molecule has 0 radical (unpaired) electrons. The molecule has 30 heavy (non-hydrogen) atoms. The Hall–Kier alpha value is -1.34. The summed E-state index contributed by atoms with van der Waals surface area (Å²) >= 11 is 0. The second kappa shape index (κ2) is 11.3. The predicted molar refractivity (Wildman–Crippen MR) is 122 cm³/mol. The lowest BCUT2D eigenvalue weighted by molar-refractivity contribution is -0.135. The second-order valence-electron chi connectivity index (χ2n) is 9.29. The molecule has 2 saturated heterocycles. The van der Waals surface area contributed by atoms with E-state index in [4.69, 9.17) is 4.74 Å². The van der Waals surface area contributed by atoms with Crippen molar-refractivity contribution in [1.82, 2.24) is 20.0 Å². The zero-order valence-corrected chi connectivity index (χ0v) is 19.5. The summed E-state index contributed by atoms with van der Waals surface area (Å²) in [5.74, 6) is 1.32. The number of hydrogen-bond donors (Lipinski definition) is 1. The Balaban J connectivity index is 1.46. The van der Waals surface area contributed by atoms with Crippen molar-refractivity contribution in [2.45, 2.75) is 64.8 Å². The summed E-state index contributed by atoms with van der Waals surface area (Å²) in [5.41, 5.74) is 0.351. The molecule has 0 aromatic carbocycles. The Morgan fingerprint density at radius 1 is 1.03 bits per heavy atom. The maximum absolute atomic E-state index is 12.7. The molecule has 0 aromatic heterocycles. The standard InChI is InChI=1S/C23H43N5O2/c1-4-30-18-11-23(9-5-6-10-23)19-25-22(24-3)28-16-14-26(15-17-28)20(2)21(29)27-12-7-8-13-27/h20H,4-19H2,1-3H3,(H,24,25). The average Bonchev–Trinajstić information content (AvgIpc) is 3.47. The Kier molecular flexibility index (Phi) is 8.81. The molecule has 1 saturated carbocycles. The van der Waals surface area contributed by atoms with E-state index in [-0.39, 0.29) is 6.04 Å². The lowest BCUT2D eigenvalue weighted by atomic mass is 9.83. The first-order valence-electron chi connectivity index (χ1n) is 12.1. The van der Waals surface area contributed by atoms with Crippen molar-refractivity contribution in [3.8, 4) is 0 Å². The van der Waals surface area contributed by atoms with Crippen molar-refractivity contribution in [1.29, 1.82) is 0 Å². The fourth-order valence-electron chi connectivity index (χ4n) is 5.35. The number of carbonyl (C=O) groups is 1. The topological polar surface area (TPSA) is 60.4 Å². The van der Waals surface area contributed by atoms with Crippen LogP contribution >= 0.6 is 0 Å². The number of nitrogens with one attached hydrogen (secondary N) is 1. The van der Waals surface area contributed by atoms with Crippen molar-refractivity contribution >= 4 is 11.9 Å². The van der Waals surface area contributed by atoms with Gasteiger partial charge in [-0.05, 0) is 51.4 Å². The maximum atomic E-state index is 12.7. The van der Waals surface area contributed by atoms with Crippen LogP contribution in [0.3, 0.4) is 0 Å². The Morgan fingerprint density at radius 2 is 1.70 bits per heavy atom. The molecule has 3 rings (SSSR count). The van der Waals surface area contributed by atoms with Gasteiger partial charge in [-0.15, -0.1) is 0 Å². The Labute approximate surface area is 183 Å². The lowest BCUT2D eigenvalue weighted by Gasteiger charge is -2.40. The van der Waals surface area contributed by atoms with Crippen LogP contribution in [-0.2, 0) is 9.53 Å². The summed E-state index contributed by atoms with van der Waals surface area (Å²) in [6.07, 6.45) is 8.67. The fourth-order valence-corrected chi connectivity index (χ4v) is 5.35. The van der Waals surface area contributed by atoms with Crippen molar-refractivity contribution in [2.24, 2.45) is 10.4 Å². The van der Waals surface area contributed by atoms with Gasteiger partial charge in [0.05, 0.1) is 6.04 Å². The third kappa shape index (κ3) is 5.88. The van der Waals surface area contributed by atoms with E-state index in [0.717, 1.165) is 84.2 Å². The fraction of sp³-hybridized carbons (Fsp3) is 0.913. The first-order chi connectivity index (χ1) is 14.6. The minimum Gasteiger partial charge on any atom is -0.382 e. The largest absolute Gasteiger partial charge is 0.382 e.